The van der Waals surface area contributed by atoms with Gasteiger partial charge in [0.2, 0.25) is 0 Å². The highest BCUT2D eigenvalue weighted by molar-refractivity contribution is 7.74. The highest BCUT2D eigenvalue weighted by atomic mass is 31.1. The smallest absolute Gasteiger partial charge is 0.125 e. The Morgan fingerprint density at radius 1 is 0.632 bits per heavy atom. The van der Waals surface area contributed by atoms with E-state index < -0.39 is 16.1 Å². The first-order valence-corrected chi connectivity index (χ1v) is 16.3. The predicted octanol–water partition coefficient (Wildman–Crippen LogP) is 6.72. The fraction of sp³-hybridized carbons (Fsp3) is 0.294. The van der Waals surface area contributed by atoms with Gasteiger partial charge < -0.3 is 9.26 Å². The third-order valence-electron chi connectivity index (χ3n) is 9.65. The topological polar surface area (TPSA) is 18.5 Å². The van der Waals surface area contributed by atoms with Crippen LogP contribution in [0.5, 0.6) is 0 Å². The van der Waals surface area contributed by atoms with E-state index in [-0.39, 0.29) is 22.3 Å². The van der Waals surface area contributed by atoms with Crippen LogP contribution in [0.1, 0.15) is 26.7 Å². The molecular weight excluding hydrogens is 502 g/mol. The maximum absolute atomic E-state index is 7.60. The van der Waals surface area contributed by atoms with Crippen LogP contribution in [0, 0.1) is 16.7 Å². The fourth-order valence-corrected chi connectivity index (χ4v) is 13.3. The third-order valence-corrected chi connectivity index (χ3v) is 14.6. The van der Waals surface area contributed by atoms with Crippen LogP contribution in [0.25, 0.3) is 0 Å². The molecule has 4 aromatic rings. The summed E-state index contributed by atoms with van der Waals surface area (Å²) >= 11 is 0. The maximum atomic E-state index is 7.60. The van der Waals surface area contributed by atoms with E-state index in [1.807, 2.05) is 0 Å². The molecule has 2 aliphatic carbocycles. The summed E-state index contributed by atoms with van der Waals surface area (Å²) in [5.41, 5.74) is 0.167. The van der Waals surface area contributed by atoms with Gasteiger partial charge in [-0.1, -0.05) is 135 Å². The van der Waals surface area contributed by atoms with E-state index in [4.69, 9.17) is 9.26 Å². The minimum Gasteiger partial charge on any atom is -0.366 e. The Bertz CT molecular complexity index is 1320. The summed E-state index contributed by atoms with van der Waals surface area (Å²) in [5.74, 6) is 0.472. The normalized spacial score (nSPS) is 31.4. The van der Waals surface area contributed by atoms with Crippen molar-refractivity contribution in [3.8, 4) is 0 Å². The van der Waals surface area contributed by atoms with Crippen molar-refractivity contribution >= 4 is 37.3 Å². The van der Waals surface area contributed by atoms with Crippen LogP contribution in [-0.2, 0) is 9.26 Å². The van der Waals surface area contributed by atoms with Gasteiger partial charge in [-0.15, -0.1) is 0 Å². The molecule has 0 aromatic heterocycles. The van der Waals surface area contributed by atoms with Crippen molar-refractivity contribution in [1.29, 1.82) is 0 Å². The summed E-state index contributed by atoms with van der Waals surface area (Å²) in [6.45, 7) is 5.82. The van der Waals surface area contributed by atoms with E-state index in [1.54, 1.807) is 0 Å². The van der Waals surface area contributed by atoms with Crippen LogP contribution >= 0.6 is 16.1 Å². The Morgan fingerprint density at radius 3 is 1.55 bits per heavy atom. The van der Waals surface area contributed by atoms with Crippen LogP contribution in [0.2, 0.25) is 0 Å². The van der Waals surface area contributed by atoms with Gasteiger partial charge >= 0.3 is 0 Å². The van der Waals surface area contributed by atoms with Crippen LogP contribution in [0.3, 0.4) is 0 Å². The quantitative estimate of drug-likeness (QED) is 0.244. The van der Waals surface area contributed by atoms with Gasteiger partial charge in [0.15, 0.2) is 0 Å². The first-order valence-electron chi connectivity index (χ1n) is 13.7. The molecule has 4 heteroatoms. The first-order chi connectivity index (χ1) is 18.6. The summed E-state index contributed by atoms with van der Waals surface area (Å²) in [6, 6.07) is 43.9. The highest BCUT2D eigenvalue weighted by Crippen LogP contribution is 2.82. The molecule has 38 heavy (non-hydrogen) atoms. The van der Waals surface area contributed by atoms with Crippen molar-refractivity contribution in [2.24, 2.45) is 16.7 Å². The summed E-state index contributed by atoms with van der Waals surface area (Å²) < 4.78 is 14.8. The number of ether oxygens (including phenoxy) is 1. The molecule has 1 aliphatic heterocycles. The van der Waals surface area contributed by atoms with Gasteiger partial charge in [-0.25, -0.2) is 0 Å². The van der Waals surface area contributed by atoms with Gasteiger partial charge in [-0.05, 0) is 31.4 Å². The average Bonchev–Trinajstić information content (AvgIpc) is 3.48. The van der Waals surface area contributed by atoms with E-state index in [1.165, 1.54) is 34.1 Å². The number of hydrogen-bond acceptors (Lipinski definition) is 2. The monoisotopic (exact) mass is 536 g/mol. The molecule has 7 rings (SSSR count). The molecule has 2 nitrogen and oxygen atoms in total. The van der Waals surface area contributed by atoms with Gasteiger partial charge in [-0.2, -0.15) is 0 Å². The van der Waals surface area contributed by atoms with Crippen molar-refractivity contribution in [1.82, 2.24) is 0 Å². The number of hydrogen-bond donors (Lipinski definition) is 0. The largest absolute Gasteiger partial charge is 0.366 e. The van der Waals surface area contributed by atoms with E-state index in [2.05, 4.69) is 135 Å². The standard InChI is InChI=1S/C34H34O2P2/c1-32-24-23-30-33(32,2)25-35-34(30,37(26-15-7-3-8-16-26)27-17-9-4-10-18-27)31(32)36-38(28-19-11-5-12-20-28)29-21-13-6-14-22-29/h3-22,30-31H,23-25H2,1-2H3/t30-,31+,32+,33-,34-/m0/s1. The Labute approximate surface area is 229 Å². The lowest BCUT2D eigenvalue weighted by Gasteiger charge is -2.53. The van der Waals surface area contributed by atoms with Crippen molar-refractivity contribution < 1.29 is 9.26 Å². The van der Waals surface area contributed by atoms with Gasteiger partial charge in [0.1, 0.15) is 11.4 Å². The Kier molecular flexibility index (Phi) is 6.10. The van der Waals surface area contributed by atoms with Crippen molar-refractivity contribution in [2.45, 2.75) is 38.1 Å². The van der Waals surface area contributed by atoms with E-state index in [0.29, 0.717) is 5.92 Å². The summed E-state index contributed by atoms with van der Waals surface area (Å²) in [7, 11) is -1.82. The summed E-state index contributed by atoms with van der Waals surface area (Å²) in [5, 5.41) is 4.93. The van der Waals surface area contributed by atoms with Gasteiger partial charge in [0, 0.05) is 27.4 Å². The molecule has 0 unspecified atom stereocenters. The lowest BCUT2D eigenvalue weighted by Crippen LogP contribution is -2.56. The molecule has 0 N–H and O–H groups in total. The van der Waals surface area contributed by atoms with Crippen LogP contribution in [0.15, 0.2) is 121 Å². The summed E-state index contributed by atoms with van der Waals surface area (Å²) in [4.78, 5) is 0. The minimum atomic E-state index is -1.00. The zero-order valence-electron chi connectivity index (χ0n) is 22.0. The van der Waals surface area contributed by atoms with Gasteiger partial charge in [0.25, 0.3) is 0 Å². The van der Waals surface area contributed by atoms with Crippen LogP contribution in [-0.4, -0.2) is 18.1 Å². The molecule has 3 fully saturated rings. The second-order valence-electron chi connectivity index (χ2n) is 11.4. The number of benzene rings is 4. The van der Waals surface area contributed by atoms with E-state index >= 15 is 0 Å². The molecule has 192 valence electrons. The van der Waals surface area contributed by atoms with Crippen molar-refractivity contribution in [2.75, 3.05) is 6.61 Å². The maximum Gasteiger partial charge on any atom is 0.125 e. The van der Waals surface area contributed by atoms with Crippen LogP contribution in [0.4, 0.5) is 0 Å². The van der Waals surface area contributed by atoms with E-state index in [0.717, 1.165) is 6.61 Å². The third kappa shape index (κ3) is 3.47. The molecule has 4 aromatic carbocycles. The SMILES string of the molecule is C[C@]12CO[C@]3(P(c4ccccc4)c4ccccc4)[C@H]1CC[C@]2(C)[C@H]3OP(c1ccccc1)c1ccccc1. The highest BCUT2D eigenvalue weighted by Gasteiger charge is 2.82. The molecule has 0 spiro atoms. The molecule has 0 amide bonds. The predicted molar refractivity (Wildman–Crippen MR) is 161 cm³/mol. The molecule has 0 radical (unpaired) electrons. The Hall–Kier alpha value is -2.34. The zero-order chi connectivity index (χ0) is 25.8. The van der Waals surface area contributed by atoms with Crippen molar-refractivity contribution in [3.63, 3.8) is 0 Å². The molecule has 4 bridgehead atoms. The second kappa shape index (κ2) is 9.39. The molecule has 3 aliphatic rings. The fourth-order valence-electron chi connectivity index (χ4n) is 7.63. The molecular formula is C34H34O2P2. The van der Waals surface area contributed by atoms with Crippen molar-refractivity contribution in [3.05, 3.63) is 121 Å². The molecule has 5 atom stereocenters. The van der Waals surface area contributed by atoms with Gasteiger partial charge in [0.05, 0.1) is 14.8 Å². The summed E-state index contributed by atoms with van der Waals surface area (Å²) in [6.07, 6.45) is 2.41. The second-order valence-corrected chi connectivity index (χ2v) is 15.7. The lowest BCUT2D eigenvalue weighted by atomic mass is 9.68. The lowest BCUT2D eigenvalue weighted by molar-refractivity contribution is -0.132. The minimum absolute atomic E-state index is 0.00514. The van der Waals surface area contributed by atoms with Crippen LogP contribution < -0.4 is 21.2 Å². The average molecular weight is 537 g/mol. The number of rotatable bonds is 7. The molecule has 1 saturated heterocycles. The Morgan fingerprint density at radius 2 is 1.08 bits per heavy atom. The van der Waals surface area contributed by atoms with Gasteiger partial charge in [-0.3, -0.25) is 0 Å². The zero-order valence-corrected chi connectivity index (χ0v) is 23.8. The Balaban J connectivity index is 1.42. The molecule has 1 heterocycles. The van der Waals surface area contributed by atoms with E-state index in [9.17, 15) is 0 Å². The first kappa shape index (κ1) is 24.7. The molecule has 2 saturated carbocycles.